The number of carbonyl (C=O) groups excluding carboxylic acids is 3. The maximum atomic E-state index is 12.6. The minimum Gasteiger partial charge on any atom is -0.368 e. The number of nitrogens with zero attached hydrogens (tertiary/aromatic N) is 3. The normalized spacial score (nSPS) is 16.0. The van der Waals surface area contributed by atoms with E-state index in [9.17, 15) is 14.4 Å². The molecular formula is C27H35N5O3. The Balaban J connectivity index is 1.20. The number of nitrogens with one attached hydrogen (secondary N) is 2. The third-order valence-corrected chi connectivity index (χ3v) is 6.80. The molecule has 0 aromatic heterocycles. The van der Waals surface area contributed by atoms with Crippen LogP contribution in [0.2, 0.25) is 0 Å². The molecule has 4 rings (SSSR count). The van der Waals surface area contributed by atoms with Crippen LogP contribution < -0.4 is 15.5 Å². The summed E-state index contributed by atoms with van der Waals surface area (Å²) in [5.41, 5.74) is 4.62. The Morgan fingerprint density at radius 3 is 2.31 bits per heavy atom. The zero-order valence-corrected chi connectivity index (χ0v) is 20.5. The molecule has 35 heavy (non-hydrogen) atoms. The Morgan fingerprint density at radius 1 is 0.886 bits per heavy atom. The van der Waals surface area contributed by atoms with Gasteiger partial charge in [-0.05, 0) is 36.1 Å². The second kappa shape index (κ2) is 11.8. The number of amides is 3. The highest BCUT2D eigenvalue weighted by molar-refractivity contribution is 5.85. The molecule has 3 amide bonds. The predicted molar refractivity (Wildman–Crippen MR) is 136 cm³/mol. The molecule has 0 aliphatic carbocycles. The van der Waals surface area contributed by atoms with Crippen LogP contribution in [0.5, 0.6) is 0 Å². The van der Waals surface area contributed by atoms with Gasteiger partial charge in [-0.3, -0.25) is 14.4 Å². The number of hydrogen-bond donors (Lipinski definition) is 2. The molecule has 0 bridgehead atoms. The largest absolute Gasteiger partial charge is 0.368 e. The molecule has 2 aromatic rings. The van der Waals surface area contributed by atoms with Crippen LogP contribution in [0.15, 0.2) is 48.5 Å². The topological polar surface area (TPSA) is 85.0 Å². The van der Waals surface area contributed by atoms with E-state index in [-0.39, 0.29) is 30.8 Å². The Labute approximate surface area is 207 Å². The Kier molecular flexibility index (Phi) is 8.36. The van der Waals surface area contributed by atoms with Crippen LogP contribution in [0.3, 0.4) is 0 Å². The minimum atomic E-state index is -0.184. The van der Waals surface area contributed by atoms with Gasteiger partial charge >= 0.3 is 0 Å². The fourth-order valence-corrected chi connectivity index (χ4v) is 4.69. The second-order valence-corrected chi connectivity index (χ2v) is 9.22. The van der Waals surface area contributed by atoms with E-state index in [4.69, 9.17) is 0 Å². The summed E-state index contributed by atoms with van der Waals surface area (Å²) < 4.78 is 0. The maximum absolute atomic E-state index is 12.6. The zero-order chi connectivity index (χ0) is 24.6. The molecule has 0 unspecified atom stereocenters. The molecule has 2 heterocycles. The number of anilines is 1. The van der Waals surface area contributed by atoms with Crippen molar-refractivity contribution < 1.29 is 14.4 Å². The quantitative estimate of drug-likeness (QED) is 0.574. The summed E-state index contributed by atoms with van der Waals surface area (Å²) in [6.07, 6.45) is 1.57. The van der Waals surface area contributed by atoms with Gasteiger partial charge in [0, 0.05) is 57.9 Å². The lowest BCUT2D eigenvalue weighted by Crippen LogP contribution is -2.52. The van der Waals surface area contributed by atoms with Crippen molar-refractivity contribution in [3.63, 3.8) is 0 Å². The van der Waals surface area contributed by atoms with Crippen LogP contribution >= 0.6 is 0 Å². The molecule has 8 heteroatoms. The molecule has 0 atom stereocenters. The predicted octanol–water partition coefficient (Wildman–Crippen LogP) is 1.67. The molecule has 2 fully saturated rings. The average Bonchev–Trinajstić information content (AvgIpc) is 3.28. The Bertz CT molecular complexity index is 1050. The van der Waals surface area contributed by atoms with Crippen LogP contribution in [0.25, 0.3) is 0 Å². The van der Waals surface area contributed by atoms with Gasteiger partial charge in [-0.2, -0.15) is 0 Å². The van der Waals surface area contributed by atoms with Crippen LogP contribution in [-0.2, 0) is 27.5 Å². The molecular weight excluding hydrogens is 442 g/mol. The Hall–Kier alpha value is -3.39. The second-order valence-electron chi connectivity index (χ2n) is 9.22. The molecule has 0 radical (unpaired) electrons. The van der Waals surface area contributed by atoms with Crippen molar-refractivity contribution >= 4 is 23.4 Å². The Morgan fingerprint density at radius 2 is 1.60 bits per heavy atom. The van der Waals surface area contributed by atoms with Gasteiger partial charge in [-0.25, -0.2) is 0 Å². The molecule has 2 aromatic carbocycles. The molecule has 2 N–H and O–H groups in total. The van der Waals surface area contributed by atoms with Crippen molar-refractivity contribution in [2.45, 2.75) is 32.9 Å². The van der Waals surface area contributed by atoms with Gasteiger partial charge in [-0.15, -0.1) is 0 Å². The van der Waals surface area contributed by atoms with Crippen molar-refractivity contribution in [3.05, 3.63) is 65.2 Å². The lowest BCUT2D eigenvalue weighted by atomic mass is 10.1. The summed E-state index contributed by atoms with van der Waals surface area (Å²) in [5.74, 6) is -0.0218. The molecule has 2 saturated heterocycles. The smallest absolute Gasteiger partial charge is 0.242 e. The number of likely N-dealkylation sites (tertiary alicyclic amines) is 1. The molecule has 0 spiro atoms. The monoisotopic (exact) mass is 477 g/mol. The molecule has 2 aliphatic heterocycles. The van der Waals surface area contributed by atoms with Crippen molar-refractivity contribution in [1.29, 1.82) is 0 Å². The molecule has 0 saturated carbocycles. The number of hydrogen-bond acceptors (Lipinski definition) is 5. The first kappa shape index (κ1) is 24.7. The summed E-state index contributed by atoms with van der Waals surface area (Å²) in [5, 5.41) is 5.87. The van der Waals surface area contributed by atoms with Crippen molar-refractivity contribution in [2.75, 3.05) is 50.7 Å². The van der Waals surface area contributed by atoms with Crippen molar-refractivity contribution in [1.82, 2.24) is 20.4 Å². The summed E-state index contributed by atoms with van der Waals surface area (Å²) in [6, 6.07) is 16.3. The van der Waals surface area contributed by atoms with Crippen molar-refractivity contribution in [3.8, 4) is 0 Å². The number of carbonyl (C=O) groups is 3. The number of piperazine rings is 1. The molecule has 2 aliphatic rings. The third-order valence-electron chi connectivity index (χ3n) is 6.80. The first-order chi connectivity index (χ1) is 17.0. The summed E-state index contributed by atoms with van der Waals surface area (Å²) >= 11 is 0. The molecule has 186 valence electrons. The minimum absolute atomic E-state index is 0.0124. The number of para-hydroxylation sites is 1. The highest BCUT2D eigenvalue weighted by atomic mass is 16.2. The van der Waals surface area contributed by atoms with Gasteiger partial charge in [0.25, 0.3) is 0 Å². The van der Waals surface area contributed by atoms with Crippen molar-refractivity contribution in [2.24, 2.45) is 0 Å². The molecule has 8 nitrogen and oxygen atoms in total. The van der Waals surface area contributed by atoms with Gasteiger partial charge in [0.2, 0.25) is 17.7 Å². The van der Waals surface area contributed by atoms with E-state index in [1.807, 2.05) is 53.1 Å². The van der Waals surface area contributed by atoms with E-state index in [1.54, 1.807) is 0 Å². The van der Waals surface area contributed by atoms with Gasteiger partial charge in [-0.1, -0.05) is 42.5 Å². The van der Waals surface area contributed by atoms with Gasteiger partial charge in [0.1, 0.15) is 0 Å². The lowest BCUT2D eigenvalue weighted by Gasteiger charge is -2.37. The lowest BCUT2D eigenvalue weighted by molar-refractivity contribution is -0.133. The number of aryl methyl sites for hydroxylation is 1. The summed E-state index contributed by atoms with van der Waals surface area (Å²) in [7, 11) is 0. The van der Waals surface area contributed by atoms with Crippen LogP contribution in [0.4, 0.5) is 5.69 Å². The maximum Gasteiger partial charge on any atom is 0.242 e. The summed E-state index contributed by atoms with van der Waals surface area (Å²) in [6.45, 7) is 6.97. The van der Waals surface area contributed by atoms with Gasteiger partial charge in [0.05, 0.1) is 13.1 Å². The van der Waals surface area contributed by atoms with Gasteiger partial charge < -0.3 is 25.3 Å². The van der Waals surface area contributed by atoms with E-state index >= 15 is 0 Å². The van der Waals surface area contributed by atoms with Crippen LogP contribution in [0, 0.1) is 6.92 Å². The highest BCUT2D eigenvalue weighted by Crippen LogP contribution is 2.25. The fourth-order valence-electron chi connectivity index (χ4n) is 4.69. The summed E-state index contributed by atoms with van der Waals surface area (Å²) in [4.78, 5) is 42.9. The number of rotatable bonds is 9. The van der Waals surface area contributed by atoms with Crippen LogP contribution in [0.1, 0.15) is 29.5 Å². The zero-order valence-electron chi connectivity index (χ0n) is 20.5. The van der Waals surface area contributed by atoms with E-state index < -0.39 is 0 Å². The standard InChI is InChI=1S/C27H35N5O3/c1-21-7-2-3-8-22(21)17-28-18-25(33)29-19-27(35)31-15-13-30(14-16-31)24-10-5-4-9-23(24)20-32-12-6-11-26(32)34/h2-5,7-10,28H,6,11-20H2,1H3,(H,29,33). The average molecular weight is 478 g/mol. The first-order valence-electron chi connectivity index (χ1n) is 12.4. The van der Waals surface area contributed by atoms with Gasteiger partial charge in [0.15, 0.2) is 0 Å². The highest BCUT2D eigenvalue weighted by Gasteiger charge is 2.25. The fraction of sp³-hybridized carbons (Fsp3) is 0.444. The van der Waals surface area contributed by atoms with E-state index in [0.717, 1.165) is 42.9 Å². The van der Waals surface area contributed by atoms with E-state index in [2.05, 4.69) is 27.7 Å². The SMILES string of the molecule is Cc1ccccc1CNCC(=O)NCC(=O)N1CCN(c2ccccc2CN2CCCC2=O)CC1. The third kappa shape index (κ3) is 6.60. The van der Waals surface area contributed by atoms with E-state index in [0.29, 0.717) is 32.6 Å². The number of benzene rings is 2. The van der Waals surface area contributed by atoms with Crippen LogP contribution in [-0.4, -0.2) is 73.3 Å². The first-order valence-corrected chi connectivity index (χ1v) is 12.4. The van der Waals surface area contributed by atoms with E-state index in [1.165, 1.54) is 5.56 Å².